The predicted molar refractivity (Wildman–Crippen MR) is 77.9 cm³/mol. The van der Waals surface area contributed by atoms with Crippen LogP contribution in [0.15, 0.2) is 0 Å². The first-order valence-corrected chi connectivity index (χ1v) is 7.40. The second-order valence-corrected chi connectivity index (χ2v) is 5.82. The Hall–Kier alpha value is -0.720. The lowest BCUT2D eigenvalue weighted by molar-refractivity contribution is -0.141. The Morgan fingerprint density at radius 3 is 2.68 bits per heavy atom. The van der Waals surface area contributed by atoms with E-state index in [1.807, 2.05) is 11.8 Å². The number of ether oxygens (including phenoxy) is 1. The van der Waals surface area contributed by atoms with Crippen LogP contribution in [-0.4, -0.2) is 66.1 Å². The first kappa shape index (κ1) is 14.7. The van der Waals surface area contributed by atoms with Crippen LogP contribution < -0.4 is 5.73 Å². The first-order valence-electron chi connectivity index (χ1n) is 6.99. The van der Waals surface area contributed by atoms with Crippen molar-refractivity contribution in [2.24, 2.45) is 11.7 Å². The van der Waals surface area contributed by atoms with Gasteiger partial charge in [0.2, 0.25) is 5.91 Å². The van der Waals surface area contributed by atoms with Crippen molar-refractivity contribution in [2.75, 3.05) is 39.4 Å². The molecule has 2 saturated heterocycles. The number of likely N-dealkylation sites (tertiary alicyclic amines) is 1. The topological polar surface area (TPSA) is 58.8 Å². The second-order valence-electron chi connectivity index (χ2n) is 5.35. The molecule has 1 amide bonds. The van der Waals surface area contributed by atoms with E-state index in [1.54, 1.807) is 0 Å². The summed E-state index contributed by atoms with van der Waals surface area (Å²) in [4.78, 5) is 17.1. The zero-order chi connectivity index (χ0) is 13.8. The number of piperidine rings is 1. The van der Waals surface area contributed by atoms with Crippen LogP contribution in [0.1, 0.15) is 19.8 Å². The Labute approximate surface area is 120 Å². The van der Waals surface area contributed by atoms with E-state index in [9.17, 15) is 4.79 Å². The van der Waals surface area contributed by atoms with Crippen LogP contribution in [0.4, 0.5) is 0 Å². The van der Waals surface area contributed by atoms with Crippen LogP contribution in [0.5, 0.6) is 0 Å². The van der Waals surface area contributed by atoms with Crippen molar-refractivity contribution in [1.29, 1.82) is 0 Å². The molecule has 2 N–H and O–H groups in total. The molecule has 0 spiro atoms. The molecule has 0 aliphatic carbocycles. The van der Waals surface area contributed by atoms with Gasteiger partial charge in [0.1, 0.15) is 0 Å². The largest absolute Gasteiger partial charge is 0.393 e. The summed E-state index contributed by atoms with van der Waals surface area (Å²) in [6.07, 6.45) is 2.10. The average Bonchev–Trinajstić information content (AvgIpc) is 2.46. The van der Waals surface area contributed by atoms with Gasteiger partial charge in [-0.15, -0.1) is 0 Å². The van der Waals surface area contributed by atoms with E-state index in [4.69, 9.17) is 22.7 Å². The maximum Gasteiger partial charge on any atom is 0.239 e. The molecular formula is C13H23N3O2S. The molecule has 108 valence electrons. The van der Waals surface area contributed by atoms with Gasteiger partial charge in [0, 0.05) is 25.6 Å². The molecule has 5 nitrogen and oxygen atoms in total. The molecule has 0 saturated carbocycles. The quantitative estimate of drug-likeness (QED) is 0.752. The Morgan fingerprint density at radius 1 is 1.37 bits per heavy atom. The lowest BCUT2D eigenvalue weighted by Gasteiger charge is -2.38. The summed E-state index contributed by atoms with van der Waals surface area (Å²) in [5.41, 5.74) is 5.74. The van der Waals surface area contributed by atoms with Crippen LogP contribution in [0.3, 0.4) is 0 Å². The van der Waals surface area contributed by atoms with Gasteiger partial charge in [-0.2, -0.15) is 0 Å². The molecule has 2 fully saturated rings. The van der Waals surface area contributed by atoms with Crippen LogP contribution in [0.2, 0.25) is 0 Å². The molecule has 2 heterocycles. The Morgan fingerprint density at radius 2 is 2.05 bits per heavy atom. The molecule has 0 aromatic rings. The molecular weight excluding hydrogens is 262 g/mol. The van der Waals surface area contributed by atoms with Gasteiger partial charge >= 0.3 is 0 Å². The number of amides is 1. The van der Waals surface area contributed by atoms with E-state index in [-0.39, 0.29) is 17.9 Å². The molecule has 0 bridgehead atoms. The van der Waals surface area contributed by atoms with Crippen LogP contribution >= 0.6 is 12.2 Å². The third kappa shape index (κ3) is 3.64. The molecule has 6 heteroatoms. The molecule has 0 aromatic carbocycles. The summed E-state index contributed by atoms with van der Waals surface area (Å²) >= 11 is 5.09. The minimum absolute atomic E-state index is 0.0877. The number of nitrogens with two attached hydrogens (primary N) is 1. The summed E-state index contributed by atoms with van der Waals surface area (Å²) in [6.45, 7) is 6.45. The monoisotopic (exact) mass is 285 g/mol. The van der Waals surface area contributed by atoms with Gasteiger partial charge in [-0.1, -0.05) is 12.2 Å². The predicted octanol–water partition coefficient (Wildman–Crippen LogP) is 0.232. The standard InChI is InChI=1S/C13H23N3O2S/c1-10(13(17)15-5-7-18-8-6-15)16-4-2-3-11(9-16)12(14)19/h10-11H,2-9H2,1H3,(H2,14,19). The number of carbonyl (C=O) groups excluding carboxylic acids is 1. The molecule has 0 radical (unpaired) electrons. The number of carbonyl (C=O) groups is 1. The lowest BCUT2D eigenvalue weighted by Crippen LogP contribution is -2.53. The van der Waals surface area contributed by atoms with Gasteiger partial charge in [0.05, 0.1) is 24.2 Å². The Bertz CT molecular complexity index is 345. The fraction of sp³-hybridized carbons (Fsp3) is 0.846. The Balaban J connectivity index is 1.92. The second kappa shape index (κ2) is 6.63. The van der Waals surface area contributed by atoms with Gasteiger partial charge in [-0.3, -0.25) is 9.69 Å². The van der Waals surface area contributed by atoms with Crippen molar-refractivity contribution in [3.8, 4) is 0 Å². The summed E-state index contributed by atoms with van der Waals surface area (Å²) < 4.78 is 5.28. The van der Waals surface area contributed by atoms with Crippen molar-refractivity contribution < 1.29 is 9.53 Å². The summed E-state index contributed by atoms with van der Waals surface area (Å²) in [6, 6.07) is -0.0877. The normalized spacial score (nSPS) is 27.0. The first-order chi connectivity index (χ1) is 9.09. The van der Waals surface area contributed by atoms with Crippen LogP contribution in [0.25, 0.3) is 0 Å². The van der Waals surface area contributed by atoms with Crippen LogP contribution in [0, 0.1) is 5.92 Å². The van der Waals surface area contributed by atoms with Crippen molar-refractivity contribution in [1.82, 2.24) is 9.80 Å². The van der Waals surface area contributed by atoms with E-state index in [2.05, 4.69) is 4.90 Å². The average molecular weight is 285 g/mol. The number of rotatable bonds is 3. The molecule has 0 aromatic heterocycles. The third-order valence-corrected chi connectivity index (χ3v) is 4.42. The number of hydrogen-bond acceptors (Lipinski definition) is 4. The number of thiocarbonyl (C=S) groups is 1. The zero-order valence-electron chi connectivity index (χ0n) is 11.5. The minimum Gasteiger partial charge on any atom is -0.393 e. The summed E-state index contributed by atoms with van der Waals surface area (Å²) in [5, 5.41) is 0. The van der Waals surface area contributed by atoms with Crippen molar-refractivity contribution in [3.63, 3.8) is 0 Å². The lowest BCUT2D eigenvalue weighted by atomic mass is 9.96. The van der Waals surface area contributed by atoms with E-state index in [0.717, 1.165) is 25.9 Å². The zero-order valence-corrected chi connectivity index (χ0v) is 12.3. The molecule has 2 aliphatic rings. The third-order valence-electron chi connectivity index (χ3n) is 4.08. The van der Waals surface area contributed by atoms with E-state index < -0.39 is 0 Å². The van der Waals surface area contributed by atoms with Crippen molar-refractivity contribution in [3.05, 3.63) is 0 Å². The van der Waals surface area contributed by atoms with Crippen molar-refractivity contribution >= 4 is 23.1 Å². The number of nitrogens with zero attached hydrogens (tertiary/aromatic N) is 2. The smallest absolute Gasteiger partial charge is 0.239 e. The highest BCUT2D eigenvalue weighted by molar-refractivity contribution is 7.80. The summed E-state index contributed by atoms with van der Waals surface area (Å²) in [5.74, 6) is 0.454. The fourth-order valence-corrected chi connectivity index (χ4v) is 2.99. The number of morpholine rings is 1. The van der Waals surface area contributed by atoms with Crippen LogP contribution in [-0.2, 0) is 9.53 Å². The highest BCUT2D eigenvalue weighted by Crippen LogP contribution is 2.19. The summed E-state index contributed by atoms with van der Waals surface area (Å²) in [7, 11) is 0. The fourth-order valence-electron chi connectivity index (χ4n) is 2.79. The molecule has 2 atom stereocenters. The van der Waals surface area contributed by atoms with Gasteiger partial charge < -0.3 is 15.4 Å². The molecule has 2 rings (SSSR count). The van der Waals surface area contributed by atoms with Crippen molar-refractivity contribution in [2.45, 2.75) is 25.8 Å². The Kier molecular flexibility index (Phi) is 5.13. The SMILES string of the molecule is CC(C(=O)N1CCOCC1)N1CCCC(C(N)=S)C1. The highest BCUT2D eigenvalue weighted by atomic mass is 32.1. The molecule has 2 aliphatic heterocycles. The maximum atomic E-state index is 12.4. The highest BCUT2D eigenvalue weighted by Gasteiger charge is 2.31. The molecule has 19 heavy (non-hydrogen) atoms. The van der Waals surface area contributed by atoms with Gasteiger partial charge in [-0.25, -0.2) is 0 Å². The van der Waals surface area contributed by atoms with E-state index in [1.165, 1.54) is 0 Å². The van der Waals surface area contributed by atoms with Gasteiger partial charge in [0.25, 0.3) is 0 Å². The van der Waals surface area contributed by atoms with Gasteiger partial charge in [0.15, 0.2) is 0 Å². The number of hydrogen-bond donors (Lipinski definition) is 1. The van der Waals surface area contributed by atoms with E-state index >= 15 is 0 Å². The molecule has 2 unspecified atom stereocenters. The van der Waals surface area contributed by atoms with E-state index in [0.29, 0.717) is 31.3 Å². The van der Waals surface area contributed by atoms with Gasteiger partial charge in [-0.05, 0) is 26.3 Å². The minimum atomic E-state index is -0.0877. The maximum absolute atomic E-state index is 12.4.